The van der Waals surface area contributed by atoms with Crippen LogP contribution in [0, 0.1) is 0 Å². The summed E-state index contributed by atoms with van der Waals surface area (Å²) in [7, 11) is 0. The van der Waals surface area contributed by atoms with Crippen LogP contribution in [0.25, 0.3) is 0 Å². The SMILES string of the molecule is O=C(Nc1ccc(N2CCN(c3cccc(Cl)c3)CC2)cc1C(=O)O)c1ccccc1. The van der Waals surface area contributed by atoms with Crippen molar-refractivity contribution in [3.05, 3.63) is 88.9 Å². The summed E-state index contributed by atoms with van der Waals surface area (Å²) in [6.45, 7) is 3.10. The quantitative estimate of drug-likeness (QED) is 0.612. The summed E-state index contributed by atoms with van der Waals surface area (Å²) >= 11 is 6.10. The number of amides is 1. The minimum atomic E-state index is -1.08. The molecular weight excluding hydrogens is 414 g/mol. The Morgan fingerprint density at radius 3 is 2.06 bits per heavy atom. The first kappa shape index (κ1) is 20.8. The van der Waals surface area contributed by atoms with Crippen molar-refractivity contribution < 1.29 is 14.7 Å². The zero-order valence-corrected chi connectivity index (χ0v) is 17.5. The molecule has 31 heavy (non-hydrogen) atoms. The summed E-state index contributed by atoms with van der Waals surface area (Å²) in [6.07, 6.45) is 0. The number of benzene rings is 3. The van der Waals surface area contributed by atoms with E-state index >= 15 is 0 Å². The number of nitrogens with zero attached hydrogens (tertiary/aromatic N) is 2. The van der Waals surface area contributed by atoms with Crippen molar-refractivity contribution in [2.75, 3.05) is 41.3 Å². The summed E-state index contributed by atoms with van der Waals surface area (Å²) in [5.74, 6) is -1.42. The molecule has 0 atom stereocenters. The zero-order valence-electron chi connectivity index (χ0n) is 16.8. The molecule has 1 saturated heterocycles. The van der Waals surface area contributed by atoms with Gasteiger partial charge in [0.1, 0.15) is 0 Å². The molecule has 0 spiro atoms. The molecule has 6 nitrogen and oxygen atoms in total. The Hall–Kier alpha value is -3.51. The summed E-state index contributed by atoms with van der Waals surface area (Å²) in [5, 5.41) is 13.1. The fourth-order valence-corrected chi connectivity index (χ4v) is 3.88. The molecular formula is C24H22ClN3O3. The first-order valence-electron chi connectivity index (χ1n) is 10.0. The molecule has 1 amide bonds. The predicted octanol–water partition coefficient (Wildman–Crippen LogP) is 4.62. The first-order valence-corrected chi connectivity index (χ1v) is 10.4. The number of carboxylic acids is 1. The molecule has 0 radical (unpaired) electrons. The molecule has 2 N–H and O–H groups in total. The molecule has 1 heterocycles. The van der Waals surface area contributed by atoms with Crippen molar-refractivity contribution >= 4 is 40.5 Å². The van der Waals surface area contributed by atoms with Gasteiger partial charge in [0.05, 0.1) is 11.3 Å². The molecule has 3 aromatic rings. The maximum Gasteiger partial charge on any atom is 0.337 e. The lowest BCUT2D eigenvalue weighted by atomic mass is 10.1. The van der Waals surface area contributed by atoms with E-state index in [9.17, 15) is 14.7 Å². The fraction of sp³-hybridized carbons (Fsp3) is 0.167. The average molecular weight is 436 g/mol. The second-order valence-electron chi connectivity index (χ2n) is 7.31. The number of piperazine rings is 1. The van der Waals surface area contributed by atoms with Crippen molar-refractivity contribution in [1.82, 2.24) is 0 Å². The minimum absolute atomic E-state index is 0.0686. The minimum Gasteiger partial charge on any atom is -0.478 e. The van der Waals surface area contributed by atoms with Gasteiger partial charge in [0.25, 0.3) is 5.91 Å². The normalized spacial score (nSPS) is 13.7. The number of anilines is 3. The maximum atomic E-state index is 12.4. The smallest absolute Gasteiger partial charge is 0.337 e. The number of aromatic carboxylic acids is 1. The van der Waals surface area contributed by atoms with E-state index < -0.39 is 5.97 Å². The average Bonchev–Trinajstić information content (AvgIpc) is 2.80. The van der Waals surface area contributed by atoms with E-state index in [-0.39, 0.29) is 17.2 Å². The summed E-state index contributed by atoms with van der Waals surface area (Å²) in [5.41, 5.74) is 2.72. The summed E-state index contributed by atoms with van der Waals surface area (Å²) < 4.78 is 0. The summed E-state index contributed by atoms with van der Waals surface area (Å²) in [6, 6.07) is 21.6. The number of hydrogen-bond donors (Lipinski definition) is 2. The largest absolute Gasteiger partial charge is 0.478 e. The van der Waals surface area contributed by atoms with Gasteiger partial charge in [0, 0.05) is 48.1 Å². The number of carbonyl (C=O) groups excluding carboxylic acids is 1. The van der Waals surface area contributed by atoms with E-state index in [1.54, 1.807) is 36.4 Å². The van der Waals surface area contributed by atoms with Gasteiger partial charge in [0.15, 0.2) is 0 Å². The number of rotatable bonds is 5. The molecule has 3 aromatic carbocycles. The molecule has 0 aliphatic carbocycles. The maximum absolute atomic E-state index is 12.4. The Morgan fingerprint density at radius 1 is 0.806 bits per heavy atom. The number of halogens is 1. The van der Waals surface area contributed by atoms with Crippen molar-refractivity contribution in [2.24, 2.45) is 0 Å². The number of carbonyl (C=O) groups is 2. The van der Waals surface area contributed by atoms with Crippen LogP contribution in [0.1, 0.15) is 20.7 Å². The van der Waals surface area contributed by atoms with Crippen molar-refractivity contribution in [1.29, 1.82) is 0 Å². The number of nitrogens with one attached hydrogen (secondary N) is 1. The van der Waals surface area contributed by atoms with Gasteiger partial charge in [-0.2, -0.15) is 0 Å². The van der Waals surface area contributed by atoms with Crippen LogP contribution in [0.15, 0.2) is 72.8 Å². The van der Waals surface area contributed by atoms with Gasteiger partial charge in [-0.1, -0.05) is 35.9 Å². The van der Waals surface area contributed by atoms with Crippen molar-refractivity contribution in [2.45, 2.75) is 0 Å². The summed E-state index contributed by atoms with van der Waals surface area (Å²) in [4.78, 5) is 28.7. The Labute approximate surface area is 185 Å². The topological polar surface area (TPSA) is 72.9 Å². The van der Waals surface area contributed by atoms with E-state index in [2.05, 4.69) is 15.1 Å². The molecule has 0 bridgehead atoms. The highest BCUT2D eigenvalue weighted by atomic mass is 35.5. The Bertz CT molecular complexity index is 1100. The third-order valence-electron chi connectivity index (χ3n) is 5.34. The molecule has 7 heteroatoms. The van der Waals surface area contributed by atoms with E-state index in [0.29, 0.717) is 10.6 Å². The molecule has 158 valence electrons. The van der Waals surface area contributed by atoms with E-state index in [4.69, 9.17) is 11.6 Å². The number of carboxylic acid groups (broad SMARTS) is 1. The molecule has 1 fully saturated rings. The highest BCUT2D eigenvalue weighted by Crippen LogP contribution is 2.27. The lowest BCUT2D eigenvalue weighted by molar-refractivity contribution is 0.0698. The van der Waals surface area contributed by atoms with Crippen LogP contribution in [-0.4, -0.2) is 43.2 Å². The Kier molecular flexibility index (Phi) is 6.09. The highest BCUT2D eigenvalue weighted by Gasteiger charge is 2.21. The van der Waals surface area contributed by atoms with E-state index in [1.165, 1.54) is 0 Å². The molecule has 1 aliphatic heterocycles. The van der Waals surface area contributed by atoms with Gasteiger partial charge in [-0.25, -0.2) is 4.79 Å². The lowest BCUT2D eigenvalue weighted by Gasteiger charge is -2.37. The third-order valence-corrected chi connectivity index (χ3v) is 5.57. The van der Waals surface area contributed by atoms with Gasteiger partial charge < -0.3 is 20.2 Å². The van der Waals surface area contributed by atoms with Gasteiger partial charge in [-0.05, 0) is 48.5 Å². The van der Waals surface area contributed by atoms with Crippen LogP contribution in [0.2, 0.25) is 5.02 Å². The van der Waals surface area contributed by atoms with Crippen molar-refractivity contribution in [3.63, 3.8) is 0 Å². The van der Waals surface area contributed by atoms with Crippen molar-refractivity contribution in [3.8, 4) is 0 Å². The van der Waals surface area contributed by atoms with Gasteiger partial charge in [-0.15, -0.1) is 0 Å². The van der Waals surface area contributed by atoms with Crippen LogP contribution in [0.4, 0.5) is 17.1 Å². The van der Waals surface area contributed by atoms with Crippen LogP contribution in [0.3, 0.4) is 0 Å². The Balaban J connectivity index is 1.48. The monoisotopic (exact) mass is 435 g/mol. The molecule has 1 aliphatic rings. The molecule has 0 saturated carbocycles. The fourth-order valence-electron chi connectivity index (χ4n) is 3.69. The van der Waals surface area contributed by atoms with Gasteiger partial charge >= 0.3 is 5.97 Å². The molecule has 0 unspecified atom stereocenters. The van der Waals surface area contributed by atoms with Gasteiger partial charge in [0.2, 0.25) is 0 Å². The third kappa shape index (κ3) is 4.81. The standard InChI is InChI=1S/C24H22ClN3O3/c25-18-7-4-8-19(15-18)27-11-13-28(14-12-27)20-9-10-22(21(16-20)24(30)31)26-23(29)17-5-2-1-3-6-17/h1-10,15-16H,11-14H2,(H,26,29)(H,30,31). The Morgan fingerprint density at radius 2 is 1.45 bits per heavy atom. The number of hydrogen-bond acceptors (Lipinski definition) is 4. The van der Waals surface area contributed by atoms with E-state index in [0.717, 1.165) is 37.6 Å². The lowest BCUT2D eigenvalue weighted by Crippen LogP contribution is -2.46. The molecule has 4 rings (SSSR count). The van der Waals surface area contributed by atoms with Crippen LogP contribution >= 0.6 is 11.6 Å². The zero-order chi connectivity index (χ0) is 21.8. The van der Waals surface area contributed by atoms with Crippen LogP contribution in [-0.2, 0) is 0 Å². The van der Waals surface area contributed by atoms with Crippen LogP contribution in [0.5, 0.6) is 0 Å². The second-order valence-corrected chi connectivity index (χ2v) is 7.75. The van der Waals surface area contributed by atoms with Crippen LogP contribution < -0.4 is 15.1 Å². The first-order chi connectivity index (χ1) is 15.0. The molecule has 0 aromatic heterocycles. The highest BCUT2D eigenvalue weighted by molar-refractivity contribution is 6.30. The second kappa shape index (κ2) is 9.10. The van der Waals surface area contributed by atoms with E-state index in [1.807, 2.05) is 36.4 Å². The predicted molar refractivity (Wildman–Crippen MR) is 124 cm³/mol. The van der Waals surface area contributed by atoms with Gasteiger partial charge in [-0.3, -0.25) is 4.79 Å².